The largest absolute Gasteiger partial charge is 0.493 e. The minimum atomic E-state index is -0.277. The number of hydrogen-bond acceptors (Lipinski definition) is 3. The van der Waals surface area contributed by atoms with Gasteiger partial charge in [0.25, 0.3) is 0 Å². The van der Waals surface area contributed by atoms with Crippen LogP contribution in [0.2, 0.25) is 0 Å². The molecule has 0 spiro atoms. The van der Waals surface area contributed by atoms with Gasteiger partial charge in [0.15, 0.2) is 0 Å². The second-order valence-electron chi connectivity index (χ2n) is 5.71. The fourth-order valence-corrected chi connectivity index (χ4v) is 3.22. The average molecular weight is 328 g/mol. The van der Waals surface area contributed by atoms with Crippen molar-refractivity contribution < 1.29 is 9.84 Å². The summed E-state index contributed by atoms with van der Waals surface area (Å²) in [6.45, 7) is 5.55. The lowest BCUT2D eigenvalue weighted by molar-refractivity contribution is 0.0836. The van der Waals surface area contributed by atoms with Crippen molar-refractivity contribution >= 4 is 15.9 Å². The standard InChI is InChI=1S/C15H22BrNO2/c1-10(2)15(8-17,9-18)7-12-6-13(16)5-11-3-4-19-14(11)12/h5-6,10,18H,3-4,7-9,17H2,1-2H3. The van der Waals surface area contributed by atoms with E-state index < -0.39 is 0 Å². The fourth-order valence-electron chi connectivity index (χ4n) is 2.67. The number of rotatable bonds is 5. The van der Waals surface area contributed by atoms with Gasteiger partial charge in [-0.05, 0) is 35.6 Å². The number of halogens is 1. The number of aliphatic hydroxyl groups is 1. The molecule has 1 heterocycles. The van der Waals surface area contributed by atoms with E-state index in [2.05, 4.69) is 41.9 Å². The molecule has 0 amide bonds. The minimum Gasteiger partial charge on any atom is -0.493 e. The normalized spacial score (nSPS) is 17.2. The van der Waals surface area contributed by atoms with Crippen molar-refractivity contribution in [3.63, 3.8) is 0 Å². The summed E-state index contributed by atoms with van der Waals surface area (Å²) in [5, 5.41) is 9.79. The molecule has 1 aromatic rings. The lowest BCUT2D eigenvalue weighted by Gasteiger charge is -2.35. The molecule has 0 fully saturated rings. The van der Waals surface area contributed by atoms with Crippen LogP contribution in [0.15, 0.2) is 16.6 Å². The maximum atomic E-state index is 9.79. The van der Waals surface area contributed by atoms with E-state index in [0.717, 1.165) is 35.2 Å². The molecule has 0 aliphatic carbocycles. The Labute approximate surface area is 123 Å². The van der Waals surface area contributed by atoms with E-state index in [0.29, 0.717) is 12.5 Å². The summed E-state index contributed by atoms with van der Waals surface area (Å²) in [4.78, 5) is 0. The van der Waals surface area contributed by atoms with Gasteiger partial charge in [-0.3, -0.25) is 0 Å². The molecule has 106 valence electrons. The van der Waals surface area contributed by atoms with Crippen LogP contribution in [0, 0.1) is 11.3 Å². The van der Waals surface area contributed by atoms with E-state index in [-0.39, 0.29) is 12.0 Å². The van der Waals surface area contributed by atoms with Crippen molar-refractivity contribution in [3.05, 3.63) is 27.7 Å². The molecule has 0 bridgehead atoms. The lowest BCUT2D eigenvalue weighted by Crippen LogP contribution is -2.41. The Kier molecular flexibility index (Phi) is 4.54. The van der Waals surface area contributed by atoms with E-state index in [1.54, 1.807) is 0 Å². The van der Waals surface area contributed by atoms with Gasteiger partial charge in [-0.15, -0.1) is 0 Å². The van der Waals surface area contributed by atoms with Crippen LogP contribution < -0.4 is 10.5 Å². The van der Waals surface area contributed by atoms with Gasteiger partial charge < -0.3 is 15.6 Å². The Hall–Kier alpha value is -0.580. The molecule has 0 saturated heterocycles. The summed E-state index contributed by atoms with van der Waals surface area (Å²) in [7, 11) is 0. The number of hydrogen-bond donors (Lipinski definition) is 2. The maximum Gasteiger partial charge on any atom is 0.125 e. The first-order chi connectivity index (χ1) is 9.02. The Morgan fingerprint density at radius 1 is 1.47 bits per heavy atom. The number of benzene rings is 1. The minimum absolute atomic E-state index is 0.0997. The molecule has 0 radical (unpaired) electrons. The van der Waals surface area contributed by atoms with Crippen LogP contribution in [0.4, 0.5) is 0 Å². The van der Waals surface area contributed by atoms with Crippen LogP contribution in [0.3, 0.4) is 0 Å². The molecule has 1 aliphatic heterocycles. The zero-order valence-electron chi connectivity index (χ0n) is 11.6. The number of ether oxygens (including phenoxy) is 1. The van der Waals surface area contributed by atoms with E-state index in [1.807, 2.05) is 0 Å². The Morgan fingerprint density at radius 3 is 2.79 bits per heavy atom. The van der Waals surface area contributed by atoms with Crippen molar-refractivity contribution in [2.24, 2.45) is 17.1 Å². The zero-order valence-corrected chi connectivity index (χ0v) is 13.2. The van der Waals surface area contributed by atoms with Gasteiger partial charge in [-0.25, -0.2) is 0 Å². The van der Waals surface area contributed by atoms with Gasteiger partial charge in [0.2, 0.25) is 0 Å². The summed E-state index contributed by atoms with van der Waals surface area (Å²) >= 11 is 3.55. The first-order valence-corrected chi connectivity index (χ1v) is 7.57. The second-order valence-corrected chi connectivity index (χ2v) is 6.62. The fraction of sp³-hybridized carbons (Fsp3) is 0.600. The molecule has 1 unspecified atom stereocenters. The van der Waals surface area contributed by atoms with Crippen molar-refractivity contribution in [1.29, 1.82) is 0 Å². The summed E-state index contributed by atoms with van der Waals surface area (Å²) < 4.78 is 6.82. The predicted octanol–water partition coefficient (Wildman–Crippen LogP) is 2.52. The van der Waals surface area contributed by atoms with Crippen LogP contribution in [0.5, 0.6) is 5.75 Å². The molecule has 1 aliphatic rings. The topological polar surface area (TPSA) is 55.5 Å². The molecule has 4 heteroatoms. The summed E-state index contributed by atoms with van der Waals surface area (Å²) in [6.07, 6.45) is 1.71. The molecule has 1 atom stereocenters. The molecular weight excluding hydrogens is 306 g/mol. The molecule has 2 rings (SSSR count). The van der Waals surface area contributed by atoms with Crippen LogP contribution in [-0.4, -0.2) is 24.9 Å². The molecule has 0 aromatic heterocycles. The first kappa shape index (κ1) is 14.8. The Bertz CT molecular complexity index is 456. The van der Waals surface area contributed by atoms with E-state index >= 15 is 0 Å². The summed E-state index contributed by atoms with van der Waals surface area (Å²) in [6, 6.07) is 4.21. The van der Waals surface area contributed by atoms with Gasteiger partial charge in [-0.2, -0.15) is 0 Å². The van der Waals surface area contributed by atoms with Crippen molar-refractivity contribution in [2.75, 3.05) is 19.8 Å². The quantitative estimate of drug-likeness (QED) is 0.873. The number of aliphatic hydroxyl groups excluding tert-OH is 1. The third kappa shape index (κ3) is 2.81. The summed E-state index contributed by atoms with van der Waals surface area (Å²) in [5.41, 5.74) is 8.06. The molecule has 19 heavy (non-hydrogen) atoms. The summed E-state index contributed by atoms with van der Waals surface area (Å²) in [5.74, 6) is 1.31. The van der Waals surface area contributed by atoms with E-state index in [9.17, 15) is 5.11 Å². The van der Waals surface area contributed by atoms with E-state index in [1.165, 1.54) is 5.56 Å². The van der Waals surface area contributed by atoms with Crippen molar-refractivity contribution in [1.82, 2.24) is 0 Å². The monoisotopic (exact) mass is 327 g/mol. The molecule has 0 saturated carbocycles. The third-order valence-electron chi connectivity index (χ3n) is 4.31. The van der Waals surface area contributed by atoms with Crippen molar-refractivity contribution in [3.8, 4) is 5.75 Å². The molecule has 1 aromatic carbocycles. The highest BCUT2D eigenvalue weighted by Crippen LogP contribution is 2.39. The molecule has 3 N–H and O–H groups in total. The maximum absolute atomic E-state index is 9.79. The number of nitrogens with two attached hydrogens (primary N) is 1. The second kappa shape index (κ2) is 5.81. The van der Waals surface area contributed by atoms with Gasteiger partial charge in [0.05, 0.1) is 13.2 Å². The van der Waals surface area contributed by atoms with Crippen LogP contribution in [0.25, 0.3) is 0 Å². The van der Waals surface area contributed by atoms with Gasteiger partial charge >= 0.3 is 0 Å². The Balaban J connectivity index is 2.37. The van der Waals surface area contributed by atoms with Crippen molar-refractivity contribution in [2.45, 2.75) is 26.7 Å². The first-order valence-electron chi connectivity index (χ1n) is 6.77. The molecule has 3 nitrogen and oxygen atoms in total. The van der Waals surface area contributed by atoms with E-state index in [4.69, 9.17) is 10.5 Å². The van der Waals surface area contributed by atoms with Crippen LogP contribution in [0.1, 0.15) is 25.0 Å². The van der Waals surface area contributed by atoms with Gasteiger partial charge in [0.1, 0.15) is 5.75 Å². The zero-order chi connectivity index (χ0) is 14.0. The van der Waals surface area contributed by atoms with Crippen LogP contribution in [-0.2, 0) is 12.8 Å². The lowest BCUT2D eigenvalue weighted by atomic mass is 9.73. The average Bonchev–Trinajstić information content (AvgIpc) is 2.83. The predicted molar refractivity (Wildman–Crippen MR) is 80.5 cm³/mol. The SMILES string of the molecule is CC(C)C(CN)(CO)Cc1cc(Br)cc2c1OCC2. The van der Waals surface area contributed by atoms with Crippen LogP contribution >= 0.6 is 15.9 Å². The Morgan fingerprint density at radius 2 is 2.21 bits per heavy atom. The van der Waals surface area contributed by atoms with Gasteiger partial charge in [-0.1, -0.05) is 29.8 Å². The molecular formula is C15H22BrNO2. The highest BCUT2D eigenvalue weighted by Gasteiger charge is 2.34. The third-order valence-corrected chi connectivity index (χ3v) is 4.77. The smallest absolute Gasteiger partial charge is 0.125 e. The highest BCUT2D eigenvalue weighted by atomic mass is 79.9. The van der Waals surface area contributed by atoms with Gasteiger partial charge in [0, 0.05) is 22.9 Å². The highest BCUT2D eigenvalue weighted by molar-refractivity contribution is 9.10. The number of fused-ring (bicyclic) bond motifs is 1.